The molecule has 2 N–H and O–H groups in total. The fourth-order valence-corrected chi connectivity index (χ4v) is 4.49. The number of anilines is 1. The minimum atomic E-state index is -3.90. The van der Waals surface area contributed by atoms with Gasteiger partial charge in [0.2, 0.25) is 0 Å². The molecule has 0 unspecified atom stereocenters. The number of amides is 1. The fourth-order valence-electron chi connectivity index (χ4n) is 3.46. The third kappa shape index (κ3) is 5.59. The maximum absolute atomic E-state index is 13.3. The van der Waals surface area contributed by atoms with Gasteiger partial charge in [0.05, 0.1) is 18.0 Å². The van der Waals surface area contributed by atoms with Crippen LogP contribution in [0.15, 0.2) is 35.7 Å². The molecule has 0 saturated carbocycles. The normalized spacial score (nSPS) is 23.0. The number of nitrogens with zero attached hydrogens (tertiary/aromatic N) is 3. The third-order valence-electron chi connectivity index (χ3n) is 5.43. The molecule has 0 bridgehead atoms. The molecule has 2 heterocycles. The van der Waals surface area contributed by atoms with Crippen molar-refractivity contribution < 1.29 is 22.7 Å². The SMILES string of the molecule is CO[C@@H]1CN(C)C(=O)c2cc(NS(=O)(=O)c3cn(C)cn3)ccc2OC[C@H](C)NC[C@H]1C. The van der Waals surface area contributed by atoms with E-state index in [1.165, 1.54) is 18.6 Å². The molecular formula is C21H31N5O5S. The highest BCUT2D eigenvalue weighted by molar-refractivity contribution is 7.92. The Morgan fingerprint density at radius 2 is 2.03 bits per heavy atom. The van der Waals surface area contributed by atoms with Gasteiger partial charge in [0.1, 0.15) is 12.4 Å². The molecule has 11 heteroatoms. The average Bonchev–Trinajstić information content (AvgIpc) is 3.20. The summed E-state index contributed by atoms with van der Waals surface area (Å²) in [5.74, 6) is 0.279. The van der Waals surface area contributed by atoms with Crippen LogP contribution in [0.2, 0.25) is 0 Å². The van der Waals surface area contributed by atoms with Gasteiger partial charge in [0.15, 0.2) is 5.03 Å². The van der Waals surface area contributed by atoms with Gasteiger partial charge < -0.3 is 24.3 Å². The Morgan fingerprint density at radius 1 is 1.28 bits per heavy atom. The van der Waals surface area contributed by atoms with Crippen LogP contribution in [0.4, 0.5) is 5.69 Å². The molecule has 3 atom stereocenters. The first-order valence-corrected chi connectivity index (χ1v) is 11.9. The van der Waals surface area contributed by atoms with Crippen molar-refractivity contribution in [2.75, 3.05) is 38.6 Å². The van der Waals surface area contributed by atoms with E-state index in [2.05, 4.69) is 21.9 Å². The van der Waals surface area contributed by atoms with E-state index in [-0.39, 0.29) is 40.2 Å². The lowest BCUT2D eigenvalue weighted by Gasteiger charge is -2.30. The summed E-state index contributed by atoms with van der Waals surface area (Å²) < 4.78 is 40.9. The molecule has 1 aromatic carbocycles. The molecule has 176 valence electrons. The number of methoxy groups -OCH3 is 1. The molecule has 1 aliphatic rings. The Kier molecular flexibility index (Phi) is 7.42. The van der Waals surface area contributed by atoms with Crippen LogP contribution in [0, 0.1) is 5.92 Å². The first-order valence-electron chi connectivity index (χ1n) is 10.4. The van der Waals surface area contributed by atoms with Crippen LogP contribution < -0.4 is 14.8 Å². The zero-order valence-corrected chi connectivity index (χ0v) is 19.8. The molecule has 2 aromatic rings. The van der Waals surface area contributed by atoms with Gasteiger partial charge in [0.25, 0.3) is 15.9 Å². The van der Waals surface area contributed by atoms with Gasteiger partial charge in [-0.15, -0.1) is 0 Å². The Bertz CT molecular complexity index is 1050. The number of benzene rings is 1. The number of ether oxygens (including phenoxy) is 2. The number of carbonyl (C=O) groups is 1. The van der Waals surface area contributed by atoms with Gasteiger partial charge in [-0.25, -0.2) is 4.98 Å². The number of nitrogens with one attached hydrogen (secondary N) is 2. The number of likely N-dealkylation sites (N-methyl/N-ethyl adjacent to an activating group) is 1. The van der Waals surface area contributed by atoms with Gasteiger partial charge >= 0.3 is 0 Å². The Labute approximate surface area is 189 Å². The van der Waals surface area contributed by atoms with Crippen LogP contribution in [0.25, 0.3) is 0 Å². The number of aryl methyl sites for hydroxylation is 1. The first-order chi connectivity index (χ1) is 15.1. The molecule has 0 radical (unpaired) electrons. The van der Waals surface area contributed by atoms with Crippen LogP contribution in [-0.4, -0.2) is 74.8 Å². The van der Waals surface area contributed by atoms with E-state index in [1.807, 2.05) is 6.92 Å². The summed E-state index contributed by atoms with van der Waals surface area (Å²) in [5.41, 5.74) is 0.513. The second-order valence-corrected chi connectivity index (χ2v) is 9.88. The summed E-state index contributed by atoms with van der Waals surface area (Å²) in [6.45, 7) is 5.54. The zero-order valence-electron chi connectivity index (χ0n) is 19.0. The largest absolute Gasteiger partial charge is 0.491 e. The van der Waals surface area contributed by atoms with E-state index < -0.39 is 10.0 Å². The van der Waals surface area contributed by atoms with E-state index in [1.54, 1.807) is 42.8 Å². The minimum Gasteiger partial charge on any atom is -0.491 e. The highest BCUT2D eigenvalue weighted by atomic mass is 32.2. The lowest BCUT2D eigenvalue weighted by atomic mass is 10.0. The number of hydrogen-bond donors (Lipinski definition) is 2. The number of rotatable bonds is 4. The summed E-state index contributed by atoms with van der Waals surface area (Å²) in [6.07, 6.45) is 2.65. The molecule has 0 spiro atoms. The molecule has 1 amide bonds. The second-order valence-electron chi connectivity index (χ2n) is 8.25. The number of fused-ring (bicyclic) bond motifs is 1. The van der Waals surface area contributed by atoms with Crippen LogP contribution in [0.1, 0.15) is 24.2 Å². The molecule has 0 aliphatic carbocycles. The highest BCUT2D eigenvalue weighted by Crippen LogP contribution is 2.27. The smallest absolute Gasteiger partial charge is 0.280 e. The van der Waals surface area contributed by atoms with Crippen LogP contribution in [0.5, 0.6) is 5.75 Å². The summed E-state index contributed by atoms with van der Waals surface area (Å²) >= 11 is 0. The monoisotopic (exact) mass is 465 g/mol. The van der Waals surface area contributed by atoms with Gasteiger partial charge in [-0.05, 0) is 31.0 Å². The second kappa shape index (κ2) is 9.88. The van der Waals surface area contributed by atoms with Crippen molar-refractivity contribution in [2.45, 2.75) is 31.0 Å². The fraction of sp³-hybridized carbons (Fsp3) is 0.524. The Hall–Kier alpha value is -2.63. The van der Waals surface area contributed by atoms with Crippen molar-refractivity contribution in [1.29, 1.82) is 0 Å². The number of imidazole rings is 1. The number of carbonyl (C=O) groups excluding carboxylic acids is 1. The van der Waals surface area contributed by atoms with Crippen molar-refractivity contribution in [1.82, 2.24) is 19.8 Å². The zero-order chi connectivity index (χ0) is 23.5. The van der Waals surface area contributed by atoms with Crippen molar-refractivity contribution in [3.05, 3.63) is 36.3 Å². The van der Waals surface area contributed by atoms with Crippen LogP contribution in [-0.2, 0) is 21.8 Å². The van der Waals surface area contributed by atoms with E-state index in [0.29, 0.717) is 18.9 Å². The Balaban J connectivity index is 1.93. The summed E-state index contributed by atoms with van der Waals surface area (Å²) in [7, 11) is 1.11. The lowest BCUT2D eigenvalue weighted by molar-refractivity contribution is 0.0281. The van der Waals surface area contributed by atoms with Gasteiger partial charge in [-0.1, -0.05) is 6.92 Å². The molecule has 32 heavy (non-hydrogen) atoms. The molecule has 3 rings (SSSR count). The van der Waals surface area contributed by atoms with Crippen LogP contribution in [0.3, 0.4) is 0 Å². The molecule has 1 aliphatic heterocycles. The lowest BCUT2D eigenvalue weighted by Crippen LogP contribution is -2.44. The topological polar surface area (TPSA) is 115 Å². The first kappa shape index (κ1) is 24.0. The van der Waals surface area contributed by atoms with E-state index >= 15 is 0 Å². The van der Waals surface area contributed by atoms with Crippen molar-refractivity contribution >= 4 is 21.6 Å². The van der Waals surface area contributed by atoms with E-state index in [9.17, 15) is 13.2 Å². The molecule has 1 aromatic heterocycles. The van der Waals surface area contributed by atoms with Crippen molar-refractivity contribution in [3.63, 3.8) is 0 Å². The third-order valence-corrected chi connectivity index (χ3v) is 6.70. The standard InChI is InChI=1S/C21H31N5O5S/c1-14-9-22-15(2)12-31-18-7-6-16(24-32(28,29)20-11-25(3)13-23-20)8-17(18)21(27)26(4)10-19(14)30-5/h6-8,11,13-15,19,22,24H,9-10,12H2,1-5H3/t14-,15+,19-/m1/s1. The number of aromatic nitrogens is 2. The minimum absolute atomic E-state index is 0.0531. The van der Waals surface area contributed by atoms with Gasteiger partial charge in [-0.3, -0.25) is 9.52 Å². The maximum atomic E-state index is 13.3. The predicted molar refractivity (Wildman–Crippen MR) is 120 cm³/mol. The molecule has 10 nitrogen and oxygen atoms in total. The Morgan fingerprint density at radius 3 is 2.69 bits per heavy atom. The predicted octanol–water partition coefficient (Wildman–Crippen LogP) is 1.31. The van der Waals surface area contributed by atoms with Gasteiger partial charge in [-0.2, -0.15) is 8.42 Å². The van der Waals surface area contributed by atoms with E-state index in [4.69, 9.17) is 9.47 Å². The van der Waals surface area contributed by atoms with Gasteiger partial charge in [0, 0.05) is 52.2 Å². The van der Waals surface area contributed by atoms with Crippen molar-refractivity contribution in [2.24, 2.45) is 13.0 Å². The molecule has 0 fully saturated rings. The quantitative estimate of drug-likeness (QED) is 0.700. The van der Waals surface area contributed by atoms with Crippen molar-refractivity contribution in [3.8, 4) is 5.75 Å². The summed E-state index contributed by atoms with van der Waals surface area (Å²) in [6, 6.07) is 4.71. The van der Waals surface area contributed by atoms with Crippen LogP contribution >= 0.6 is 0 Å². The average molecular weight is 466 g/mol. The maximum Gasteiger partial charge on any atom is 0.280 e. The number of hydrogen-bond acceptors (Lipinski definition) is 7. The van der Waals surface area contributed by atoms with E-state index in [0.717, 1.165) is 6.54 Å². The number of sulfonamides is 1. The summed E-state index contributed by atoms with van der Waals surface area (Å²) in [5, 5.41) is 3.32. The highest BCUT2D eigenvalue weighted by Gasteiger charge is 2.26. The summed E-state index contributed by atoms with van der Waals surface area (Å²) in [4.78, 5) is 18.7. The molecular weight excluding hydrogens is 434 g/mol. The molecule has 0 saturated heterocycles.